The predicted octanol–water partition coefficient (Wildman–Crippen LogP) is 1.70. The van der Waals surface area contributed by atoms with Crippen molar-refractivity contribution >= 4 is 12.0 Å². The fraction of sp³-hybridized carbons (Fsp3) is 0.300. The van der Waals surface area contributed by atoms with Gasteiger partial charge in [-0.2, -0.15) is 4.91 Å². The molecule has 0 fully saturated rings. The number of carbonyl (C=O) groups excluding carboxylic acids is 1. The Morgan fingerprint density at radius 1 is 1.36 bits per heavy atom. The Morgan fingerprint density at radius 2 is 2.00 bits per heavy atom. The first kappa shape index (κ1) is 10.4. The van der Waals surface area contributed by atoms with Crippen molar-refractivity contribution in [2.24, 2.45) is 5.18 Å². The number of aldehydes is 1. The molecule has 74 valence electrons. The molecule has 1 aromatic rings. The number of hydrogen-bond acceptors (Lipinski definition) is 4. The summed E-state index contributed by atoms with van der Waals surface area (Å²) in [6.07, 6.45) is 0.802. The second-order valence-corrected chi connectivity index (χ2v) is 2.98. The Labute approximate surface area is 82.5 Å². The molecule has 1 rings (SSSR count). The fourth-order valence-corrected chi connectivity index (χ4v) is 1.13. The second-order valence-electron chi connectivity index (χ2n) is 2.98. The number of rotatable bonds is 5. The Morgan fingerprint density at radius 3 is 2.50 bits per heavy atom. The van der Waals surface area contributed by atoms with Gasteiger partial charge in [0.1, 0.15) is 6.29 Å². The molecule has 0 saturated carbocycles. The van der Waals surface area contributed by atoms with E-state index in [2.05, 4.69) is 5.18 Å². The summed E-state index contributed by atoms with van der Waals surface area (Å²) in [6.45, 7) is 0.857. The molecule has 0 heterocycles. The van der Waals surface area contributed by atoms with Crippen LogP contribution >= 0.6 is 0 Å². The Kier molecular flexibility index (Phi) is 3.79. The van der Waals surface area contributed by atoms with E-state index in [0.717, 1.165) is 12.0 Å². The molecule has 14 heavy (non-hydrogen) atoms. The molecule has 0 saturated heterocycles. The van der Waals surface area contributed by atoms with E-state index in [1.807, 2.05) is 24.1 Å². The largest absolute Gasteiger partial charge is 0.373 e. The lowest BCUT2D eigenvalue weighted by molar-refractivity contribution is 0.112. The van der Waals surface area contributed by atoms with E-state index < -0.39 is 0 Å². The molecule has 0 radical (unpaired) electrons. The quantitative estimate of drug-likeness (QED) is 0.527. The Hall–Kier alpha value is -1.71. The highest BCUT2D eigenvalue weighted by Crippen LogP contribution is 2.12. The lowest BCUT2D eigenvalue weighted by Crippen LogP contribution is -2.20. The van der Waals surface area contributed by atoms with Crippen molar-refractivity contribution in [2.75, 3.05) is 25.0 Å². The van der Waals surface area contributed by atoms with Crippen molar-refractivity contribution in [2.45, 2.75) is 0 Å². The van der Waals surface area contributed by atoms with E-state index in [4.69, 9.17) is 0 Å². The zero-order chi connectivity index (χ0) is 10.4. The van der Waals surface area contributed by atoms with Gasteiger partial charge in [0.15, 0.2) is 0 Å². The van der Waals surface area contributed by atoms with Crippen molar-refractivity contribution in [3.05, 3.63) is 34.7 Å². The topological polar surface area (TPSA) is 49.7 Å². The van der Waals surface area contributed by atoms with Gasteiger partial charge < -0.3 is 4.90 Å². The second kappa shape index (κ2) is 5.11. The average molecular weight is 192 g/mol. The van der Waals surface area contributed by atoms with E-state index in [0.29, 0.717) is 12.1 Å². The first-order valence-electron chi connectivity index (χ1n) is 4.33. The zero-order valence-corrected chi connectivity index (χ0v) is 8.01. The van der Waals surface area contributed by atoms with Gasteiger partial charge in [-0.3, -0.25) is 4.79 Å². The maximum Gasteiger partial charge on any atom is 0.150 e. The lowest BCUT2D eigenvalue weighted by atomic mass is 10.2. The van der Waals surface area contributed by atoms with Crippen LogP contribution in [0.4, 0.5) is 5.69 Å². The predicted molar refractivity (Wildman–Crippen MR) is 55.8 cm³/mol. The molecular formula is C10H12N2O2. The van der Waals surface area contributed by atoms with Gasteiger partial charge in [-0.1, -0.05) is 5.18 Å². The number of nitrogens with zero attached hydrogens (tertiary/aromatic N) is 2. The van der Waals surface area contributed by atoms with Crippen LogP contribution in [-0.2, 0) is 0 Å². The molecule has 0 spiro atoms. The third-order valence-corrected chi connectivity index (χ3v) is 2.00. The van der Waals surface area contributed by atoms with E-state index in [-0.39, 0.29) is 6.54 Å². The van der Waals surface area contributed by atoms with Gasteiger partial charge in [0.2, 0.25) is 0 Å². The number of likely N-dealkylation sites (N-methyl/N-ethyl adjacent to an activating group) is 1. The maximum absolute atomic E-state index is 10.4. The van der Waals surface area contributed by atoms with Crippen molar-refractivity contribution in [3.63, 3.8) is 0 Å². The minimum atomic E-state index is 0.270. The molecule has 4 heteroatoms. The van der Waals surface area contributed by atoms with Gasteiger partial charge in [0.25, 0.3) is 0 Å². The highest BCUT2D eigenvalue weighted by atomic mass is 16.3. The van der Waals surface area contributed by atoms with Crippen LogP contribution in [0.25, 0.3) is 0 Å². The fourth-order valence-electron chi connectivity index (χ4n) is 1.13. The van der Waals surface area contributed by atoms with E-state index >= 15 is 0 Å². The van der Waals surface area contributed by atoms with Gasteiger partial charge in [-0.15, -0.1) is 0 Å². The molecular weight excluding hydrogens is 180 g/mol. The highest BCUT2D eigenvalue weighted by Gasteiger charge is 1.99. The number of hydrogen-bond donors (Lipinski definition) is 0. The van der Waals surface area contributed by atoms with Crippen molar-refractivity contribution < 1.29 is 4.79 Å². The SMILES string of the molecule is CN(CCN=O)c1ccc(C=O)cc1. The van der Waals surface area contributed by atoms with Crippen LogP contribution in [-0.4, -0.2) is 26.4 Å². The van der Waals surface area contributed by atoms with Crippen LogP contribution in [0.2, 0.25) is 0 Å². The summed E-state index contributed by atoms with van der Waals surface area (Å²) in [5.74, 6) is 0. The molecule has 4 nitrogen and oxygen atoms in total. The Balaban J connectivity index is 2.65. The average Bonchev–Trinajstić information content (AvgIpc) is 2.26. The zero-order valence-electron chi connectivity index (χ0n) is 8.01. The van der Waals surface area contributed by atoms with Gasteiger partial charge in [-0.25, -0.2) is 0 Å². The first-order chi connectivity index (χ1) is 6.77. The summed E-state index contributed by atoms with van der Waals surface area (Å²) in [4.78, 5) is 22.2. The summed E-state index contributed by atoms with van der Waals surface area (Å²) >= 11 is 0. The monoisotopic (exact) mass is 192 g/mol. The van der Waals surface area contributed by atoms with Gasteiger partial charge in [0.05, 0.1) is 6.54 Å². The minimum absolute atomic E-state index is 0.270. The van der Waals surface area contributed by atoms with Gasteiger partial charge in [-0.05, 0) is 24.3 Å². The number of carbonyl (C=O) groups is 1. The standard InChI is InChI=1S/C10H12N2O2/c1-12(7-6-11-14)10-4-2-9(8-13)3-5-10/h2-5,8H,6-7H2,1H3. The lowest BCUT2D eigenvalue weighted by Gasteiger charge is -2.17. The molecule has 0 atom stereocenters. The summed E-state index contributed by atoms with van der Waals surface area (Å²) in [5, 5.41) is 2.79. The normalized spacial score (nSPS) is 9.50. The van der Waals surface area contributed by atoms with Gasteiger partial charge >= 0.3 is 0 Å². The third-order valence-electron chi connectivity index (χ3n) is 2.00. The molecule has 0 aliphatic rings. The maximum atomic E-state index is 10.4. The van der Waals surface area contributed by atoms with Crippen LogP contribution < -0.4 is 4.90 Å². The van der Waals surface area contributed by atoms with Crippen molar-refractivity contribution in [1.82, 2.24) is 0 Å². The van der Waals surface area contributed by atoms with Crippen LogP contribution in [0.3, 0.4) is 0 Å². The highest BCUT2D eigenvalue weighted by molar-refractivity contribution is 5.75. The smallest absolute Gasteiger partial charge is 0.150 e. The number of nitroso groups, excluding NO2 is 1. The van der Waals surface area contributed by atoms with Crippen LogP contribution in [0.5, 0.6) is 0 Å². The molecule has 0 aliphatic carbocycles. The molecule has 0 amide bonds. The number of anilines is 1. The summed E-state index contributed by atoms with van der Waals surface area (Å²) in [5.41, 5.74) is 1.62. The van der Waals surface area contributed by atoms with Crippen molar-refractivity contribution in [3.8, 4) is 0 Å². The molecule has 0 aromatic heterocycles. The van der Waals surface area contributed by atoms with Crippen molar-refractivity contribution in [1.29, 1.82) is 0 Å². The summed E-state index contributed by atoms with van der Waals surface area (Å²) in [7, 11) is 1.88. The first-order valence-corrected chi connectivity index (χ1v) is 4.33. The van der Waals surface area contributed by atoms with Crippen LogP contribution in [0.1, 0.15) is 10.4 Å². The molecule has 0 N–H and O–H groups in total. The summed E-state index contributed by atoms with van der Waals surface area (Å²) in [6, 6.07) is 7.17. The van der Waals surface area contributed by atoms with Crippen LogP contribution in [0.15, 0.2) is 29.4 Å². The minimum Gasteiger partial charge on any atom is -0.373 e. The Bertz CT molecular complexity index is 308. The molecule has 0 unspecified atom stereocenters. The number of benzene rings is 1. The third kappa shape index (κ3) is 2.65. The van der Waals surface area contributed by atoms with E-state index in [9.17, 15) is 9.70 Å². The van der Waals surface area contributed by atoms with Crippen LogP contribution in [0, 0.1) is 4.91 Å². The molecule has 1 aromatic carbocycles. The molecule has 0 aliphatic heterocycles. The summed E-state index contributed by atoms with van der Waals surface area (Å²) < 4.78 is 0. The van der Waals surface area contributed by atoms with E-state index in [1.165, 1.54) is 0 Å². The molecule has 0 bridgehead atoms. The van der Waals surface area contributed by atoms with Gasteiger partial charge in [0, 0.05) is 24.8 Å². The van der Waals surface area contributed by atoms with E-state index in [1.54, 1.807) is 12.1 Å².